The van der Waals surface area contributed by atoms with E-state index in [4.69, 9.17) is 0 Å². The van der Waals surface area contributed by atoms with E-state index >= 15 is 0 Å². The number of aromatic nitrogens is 4. The van der Waals surface area contributed by atoms with Crippen LogP contribution in [0.5, 0.6) is 0 Å². The third-order valence-electron chi connectivity index (χ3n) is 4.68. The first-order valence-corrected chi connectivity index (χ1v) is 9.02. The van der Waals surface area contributed by atoms with Crippen LogP contribution in [-0.2, 0) is 17.9 Å². The molecule has 3 aromatic rings. The molecule has 1 fully saturated rings. The Morgan fingerprint density at radius 1 is 1.21 bits per heavy atom. The van der Waals surface area contributed by atoms with E-state index in [0.29, 0.717) is 16.8 Å². The van der Waals surface area contributed by atoms with Crippen molar-refractivity contribution in [1.82, 2.24) is 30.0 Å². The Morgan fingerprint density at radius 2 is 2.04 bits per heavy atom. The molecule has 2 aromatic heterocycles. The molecule has 4 rings (SSSR count). The first kappa shape index (κ1) is 18.1. The summed E-state index contributed by atoms with van der Waals surface area (Å²) in [7, 11) is 0. The van der Waals surface area contributed by atoms with Crippen molar-refractivity contribution in [3.63, 3.8) is 0 Å². The number of hydrogen-bond donors (Lipinski definition) is 2. The maximum Gasteiger partial charge on any atom is 0.293 e. The van der Waals surface area contributed by atoms with Gasteiger partial charge < -0.3 is 15.5 Å². The van der Waals surface area contributed by atoms with E-state index in [2.05, 4.69) is 20.8 Å². The zero-order valence-electron chi connectivity index (χ0n) is 15.1. The van der Waals surface area contributed by atoms with Crippen LogP contribution >= 0.6 is 0 Å². The van der Waals surface area contributed by atoms with E-state index in [-0.39, 0.29) is 24.8 Å². The number of nitrogens with one attached hydrogen (secondary N) is 2. The first-order valence-electron chi connectivity index (χ1n) is 9.02. The lowest BCUT2D eigenvalue weighted by Gasteiger charge is -2.29. The number of amides is 1. The SMILES string of the molecule is O=C(Cn1ncn2nccc2c1=O)NCc1ccc(N2CCNCC2)c(F)c1. The maximum atomic E-state index is 14.4. The molecule has 0 bridgehead atoms. The number of halogens is 1. The van der Waals surface area contributed by atoms with Crippen molar-refractivity contribution in [3.8, 4) is 0 Å². The fourth-order valence-electron chi connectivity index (χ4n) is 3.20. The first-order chi connectivity index (χ1) is 13.6. The minimum Gasteiger partial charge on any atom is -0.367 e. The number of hydrogen-bond acceptors (Lipinski definition) is 6. The van der Waals surface area contributed by atoms with E-state index < -0.39 is 5.56 Å². The minimum absolute atomic E-state index is 0.168. The number of benzene rings is 1. The van der Waals surface area contributed by atoms with Crippen molar-refractivity contribution in [2.75, 3.05) is 31.1 Å². The van der Waals surface area contributed by atoms with Crippen LogP contribution in [-0.4, -0.2) is 51.5 Å². The second kappa shape index (κ2) is 7.77. The predicted molar refractivity (Wildman–Crippen MR) is 101 cm³/mol. The summed E-state index contributed by atoms with van der Waals surface area (Å²) in [5, 5.41) is 13.8. The van der Waals surface area contributed by atoms with Gasteiger partial charge in [-0.2, -0.15) is 10.2 Å². The monoisotopic (exact) mass is 385 g/mol. The Hall–Kier alpha value is -3.27. The average Bonchev–Trinajstić information content (AvgIpc) is 3.19. The second-order valence-electron chi connectivity index (χ2n) is 6.55. The van der Waals surface area contributed by atoms with E-state index in [9.17, 15) is 14.0 Å². The van der Waals surface area contributed by atoms with Gasteiger partial charge in [-0.1, -0.05) is 6.07 Å². The molecule has 146 valence electrons. The number of anilines is 1. The van der Waals surface area contributed by atoms with Crippen LogP contribution in [0, 0.1) is 5.82 Å². The minimum atomic E-state index is -0.401. The van der Waals surface area contributed by atoms with Gasteiger partial charge in [-0.25, -0.2) is 13.6 Å². The summed E-state index contributed by atoms with van der Waals surface area (Å²) in [6.07, 6.45) is 2.86. The number of nitrogens with zero attached hydrogens (tertiary/aromatic N) is 5. The van der Waals surface area contributed by atoms with E-state index in [1.165, 1.54) is 23.1 Å². The molecule has 1 aliphatic heterocycles. The lowest BCUT2D eigenvalue weighted by molar-refractivity contribution is -0.122. The molecular weight excluding hydrogens is 365 g/mol. The summed E-state index contributed by atoms with van der Waals surface area (Å²) >= 11 is 0. The Kier molecular flexibility index (Phi) is 5.02. The van der Waals surface area contributed by atoms with Crippen LogP contribution in [0.4, 0.5) is 10.1 Å². The number of carbonyl (C=O) groups is 1. The smallest absolute Gasteiger partial charge is 0.293 e. The third kappa shape index (κ3) is 3.72. The Labute approximate surface area is 159 Å². The summed E-state index contributed by atoms with van der Waals surface area (Å²) in [4.78, 5) is 26.4. The van der Waals surface area contributed by atoms with Crippen molar-refractivity contribution in [2.45, 2.75) is 13.1 Å². The number of rotatable bonds is 5. The highest BCUT2D eigenvalue weighted by Gasteiger charge is 2.15. The van der Waals surface area contributed by atoms with Crippen molar-refractivity contribution in [3.05, 3.63) is 58.5 Å². The molecule has 0 spiro atoms. The van der Waals surface area contributed by atoms with E-state index in [1.807, 2.05) is 4.90 Å². The summed E-state index contributed by atoms with van der Waals surface area (Å²) in [6.45, 7) is 3.13. The summed E-state index contributed by atoms with van der Waals surface area (Å²) < 4.78 is 16.9. The molecule has 0 aliphatic carbocycles. The van der Waals surface area contributed by atoms with E-state index in [0.717, 1.165) is 30.9 Å². The van der Waals surface area contributed by atoms with Gasteiger partial charge in [0.15, 0.2) is 0 Å². The molecule has 3 heterocycles. The van der Waals surface area contributed by atoms with Gasteiger partial charge in [-0.15, -0.1) is 0 Å². The fourth-order valence-corrected chi connectivity index (χ4v) is 3.20. The third-order valence-corrected chi connectivity index (χ3v) is 4.68. The van der Waals surface area contributed by atoms with Gasteiger partial charge in [-0.05, 0) is 23.8 Å². The van der Waals surface area contributed by atoms with Crippen LogP contribution < -0.4 is 21.1 Å². The average molecular weight is 385 g/mol. The highest BCUT2D eigenvalue weighted by Crippen LogP contribution is 2.21. The van der Waals surface area contributed by atoms with Crippen LogP contribution in [0.15, 0.2) is 41.6 Å². The molecule has 28 heavy (non-hydrogen) atoms. The summed E-state index contributed by atoms with van der Waals surface area (Å²) in [5.74, 6) is -0.692. The normalized spacial score (nSPS) is 14.4. The van der Waals surface area contributed by atoms with Gasteiger partial charge in [-0.3, -0.25) is 9.59 Å². The van der Waals surface area contributed by atoms with Crippen LogP contribution in [0.3, 0.4) is 0 Å². The number of fused-ring (bicyclic) bond motifs is 1. The zero-order valence-corrected chi connectivity index (χ0v) is 15.1. The Morgan fingerprint density at radius 3 is 2.82 bits per heavy atom. The molecule has 10 heteroatoms. The number of carbonyl (C=O) groups excluding carboxylic acids is 1. The van der Waals surface area contributed by atoms with Crippen LogP contribution in [0.1, 0.15) is 5.56 Å². The quantitative estimate of drug-likeness (QED) is 0.629. The van der Waals surface area contributed by atoms with Crippen LogP contribution in [0.2, 0.25) is 0 Å². The molecule has 1 amide bonds. The van der Waals surface area contributed by atoms with Crippen molar-refractivity contribution in [1.29, 1.82) is 0 Å². The zero-order chi connectivity index (χ0) is 19.5. The van der Waals surface area contributed by atoms with Crippen LogP contribution in [0.25, 0.3) is 5.52 Å². The molecular formula is C18H20FN7O2. The molecule has 1 aliphatic rings. The highest BCUT2D eigenvalue weighted by atomic mass is 19.1. The lowest BCUT2D eigenvalue weighted by atomic mass is 10.1. The lowest BCUT2D eigenvalue weighted by Crippen LogP contribution is -2.43. The number of piperazine rings is 1. The topological polar surface area (TPSA) is 96.6 Å². The Bertz CT molecular complexity index is 1060. The van der Waals surface area contributed by atoms with Crippen molar-refractivity contribution < 1.29 is 9.18 Å². The largest absolute Gasteiger partial charge is 0.367 e. The molecule has 0 atom stereocenters. The predicted octanol–water partition coefficient (Wildman–Crippen LogP) is -0.244. The maximum absolute atomic E-state index is 14.4. The van der Waals surface area contributed by atoms with E-state index in [1.54, 1.807) is 18.2 Å². The standard InChI is InChI=1S/C18H20FN7O2/c19-14-9-13(1-2-15(14)24-7-5-20-6-8-24)10-21-17(27)11-25-18(28)16-3-4-22-26(16)12-23-25/h1-4,9,12,20H,5-8,10-11H2,(H,21,27). The molecule has 1 aromatic carbocycles. The summed E-state index contributed by atoms with van der Waals surface area (Å²) in [6, 6.07) is 6.52. The van der Waals surface area contributed by atoms with Crippen molar-refractivity contribution in [2.24, 2.45) is 0 Å². The second-order valence-corrected chi connectivity index (χ2v) is 6.55. The molecule has 9 nitrogen and oxygen atoms in total. The molecule has 2 N–H and O–H groups in total. The fraction of sp³-hybridized carbons (Fsp3) is 0.333. The van der Waals surface area contributed by atoms with Gasteiger partial charge in [0.1, 0.15) is 24.2 Å². The van der Waals surface area contributed by atoms with Gasteiger partial charge in [0.25, 0.3) is 5.56 Å². The molecule has 0 radical (unpaired) electrons. The highest BCUT2D eigenvalue weighted by molar-refractivity contribution is 5.75. The molecule has 1 saturated heterocycles. The van der Waals surface area contributed by atoms with Gasteiger partial charge in [0.2, 0.25) is 5.91 Å². The van der Waals surface area contributed by atoms with Crippen molar-refractivity contribution >= 4 is 17.1 Å². The molecule has 0 unspecified atom stereocenters. The van der Waals surface area contributed by atoms with Gasteiger partial charge in [0.05, 0.1) is 11.9 Å². The molecule has 0 saturated carbocycles. The Balaban J connectivity index is 1.38. The van der Waals surface area contributed by atoms with Gasteiger partial charge >= 0.3 is 0 Å². The van der Waals surface area contributed by atoms with Gasteiger partial charge in [0, 0.05) is 32.7 Å². The summed E-state index contributed by atoms with van der Waals surface area (Å²) in [5.41, 5.74) is 1.16.